The second-order valence-electron chi connectivity index (χ2n) is 4.30. The number of aryl methyl sites for hydroxylation is 1. The zero-order valence-corrected chi connectivity index (χ0v) is 11.0. The lowest BCUT2D eigenvalue weighted by molar-refractivity contribution is 0.247. The maximum atomic E-state index is 5.74. The third-order valence-corrected chi connectivity index (χ3v) is 2.89. The van der Waals surface area contributed by atoms with Gasteiger partial charge >= 0.3 is 0 Å². The maximum absolute atomic E-state index is 5.74. The molecule has 1 N–H and O–H groups in total. The summed E-state index contributed by atoms with van der Waals surface area (Å²) in [7, 11) is 1.88. The molecule has 18 heavy (non-hydrogen) atoms. The summed E-state index contributed by atoms with van der Waals surface area (Å²) in [5.74, 6) is 1.63. The van der Waals surface area contributed by atoms with Crippen LogP contribution in [0.5, 0.6) is 5.75 Å². The van der Waals surface area contributed by atoms with E-state index >= 15 is 0 Å². The van der Waals surface area contributed by atoms with Crippen molar-refractivity contribution in [1.29, 1.82) is 0 Å². The van der Waals surface area contributed by atoms with Gasteiger partial charge in [-0.25, -0.2) is 0 Å². The Hall–Kier alpha value is -1.81. The highest BCUT2D eigenvalue weighted by Crippen LogP contribution is 2.21. The lowest BCUT2D eigenvalue weighted by atomic mass is 10.1. The molecule has 0 fully saturated rings. The second kappa shape index (κ2) is 5.69. The quantitative estimate of drug-likeness (QED) is 0.881. The van der Waals surface area contributed by atoms with E-state index in [9.17, 15) is 0 Å². The van der Waals surface area contributed by atoms with E-state index in [2.05, 4.69) is 30.4 Å². The molecule has 0 aliphatic heterocycles. The number of rotatable bonds is 5. The zero-order chi connectivity index (χ0) is 13.0. The van der Waals surface area contributed by atoms with Crippen molar-refractivity contribution in [2.45, 2.75) is 27.0 Å². The molecular formula is C14H18N2O2. The van der Waals surface area contributed by atoms with Crippen LogP contribution < -0.4 is 10.1 Å². The molecule has 0 bridgehead atoms. The van der Waals surface area contributed by atoms with Crippen molar-refractivity contribution in [2.24, 2.45) is 0 Å². The SMILES string of the molecule is CNCc1cc(COc2cccc(C)c2C)on1. The van der Waals surface area contributed by atoms with Gasteiger partial charge in [-0.05, 0) is 38.1 Å². The van der Waals surface area contributed by atoms with Crippen LogP contribution in [-0.2, 0) is 13.2 Å². The van der Waals surface area contributed by atoms with Crippen molar-refractivity contribution < 1.29 is 9.26 Å². The van der Waals surface area contributed by atoms with Gasteiger partial charge in [-0.1, -0.05) is 17.3 Å². The molecule has 2 aromatic rings. The first-order valence-corrected chi connectivity index (χ1v) is 5.99. The van der Waals surface area contributed by atoms with Gasteiger partial charge in [-0.2, -0.15) is 0 Å². The van der Waals surface area contributed by atoms with Crippen LogP contribution in [0.4, 0.5) is 0 Å². The summed E-state index contributed by atoms with van der Waals surface area (Å²) >= 11 is 0. The van der Waals surface area contributed by atoms with Crippen molar-refractivity contribution in [2.75, 3.05) is 7.05 Å². The first kappa shape index (κ1) is 12.6. The Kier molecular flexibility index (Phi) is 3.99. The number of nitrogens with zero attached hydrogens (tertiary/aromatic N) is 1. The predicted molar refractivity (Wildman–Crippen MR) is 69.5 cm³/mol. The van der Waals surface area contributed by atoms with E-state index in [0.29, 0.717) is 13.2 Å². The van der Waals surface area contributed by atoms with Gasteiger partial charge in [-0.15, -0.1) is 0 Å². The Morgan fingerprint density at radius 3 is 2.94 bits per heavy atom. The molecule has 4 nitrogen and oxygen atoms in total. The van der Waals surface area contributed by atoms with E-state index in [1.807, 2.05) is 25.2 Å². The first-order chi connectivity index (χ1) is 8.70. The smallest absolute Gasteiger partial charge is 0.174 e. The molecule has 0 saturated carbocycles. The summed E-state index contributed by atoms with van der Waals surface area (Å²) in [5, 5.41) is 6.97. The fourth-order valence-electron chi connectivity index (χ4n) is 1.72. The summed E-state index contributed by atoms with van der Waals surface area (Å²) in [6.07, 6.45) is 0. The molecule has 96 valence electrons. The highest BCUT2D eigenvalue weighted by atomic mass is 16.5. The Balaban J connectivity index is 2.00. The van der Waals surface area contributed by atoms with Gasteiger partial charge < -0.3 is 14.6 Å². The molecule has 0 aliphatic rings. The fraction of sp³-hybridized carbons (Fsp3) is 0.357. The summed E-state index contributed by atoms with van der Waals surface area (Å²) in [5.41, 5.74) is 3.27. The molecule has 0 amide bonds. The Morgan fingerprint density at radius 1 is 1.33 bits per heavy atom. The van der Waals surface area contributed by atoms with E-state index in [0.717, 1.165) is 22.8 Å². The van der Waals surface area contributed by atoms with Gasteiger partial charge in [0.05, 0.1) is 5.69 Å². The molecule has 0 radical (unpaired) electrons. The molecule has 2 rings (SSSR count). The number of aromatic nitrogens is 1. The Morgan fingerprint density at radius 2 is 2.17 bits per heavy atom. The third-order valence-electron chi connectivity index (χ3n) is 2.89. The van der Waals surface area contributed by atoms with Crippen LogP contribution in [-0.4, -0.2) is 12.2 Å². The topological polar surface area (TPSA) is 47.3 Å². The maximum Gasteiger partial charge on any atom is 0.174 e. The van der Waals surface area contributed by atoms with Gasteiger partial charge in [0.25, 0.3) is 0 Å². The molecule has 4 heteroatoms. The van der Waals surface area contributed by atoms with Gasteiger partial charge in [0.15, 0.2) is 5.76 Å². The van der Waals surface area contributed by atoms with Crippen LogP contribution >= 0.6 is 0 Å². The summed E-state index contributed by atoms with van der Waals surface area (Å²) in [4.78, 5) is 0. The van der Waals surface area contributed by atoms with Crippen molar-refractivity contribution in [3.05, 3.63) is 46.8 Å². The highest BCUT2D eigenvalue weighted by molar-refractivity contribution is 5.38. The first-order valence-electron chi connectivity index (χ1n) is 5.99. The molecule has 0 spiro atoms. The van der Waals surface area contributed by atoms with Crippen LogP contribution in [0.2, 0.25) is 0 Å². The number of hydrogen-bond acceptors (Lipinski definition) is 4. The van der Waals surface area contributed by atoms with Crippen LogP contribution in [0.3, 0.4) is 0 Å². The van der Waals surface area contributed by atoms with Gasteiger partial charge in [-0.3, -0.25) is 0 Å². The van der Waals surface area contributed by atoms with Gasteiger partial charge in [0.2, 0.25) is 0 Å². The summed E-state index contributed by atoms with van der Waals surface area (Å²) in [6.45, 7) is 5.23. The average Bonchev–Trinajstić information content (AvgIpc) is 2.79. The van der Waals surface area contributed by atoms with Gasteiger partial charge in [0, 0.05) is 12.6 Å². The summed E-state index contributed by atoms with van der Waals surface area (Å²) < 4.78 is 10.9. The zero-order valence-electron chi connectivity index (χ0n) is 11.0. The minimum Gasteiger partial charge on any atom is -0.485 e. The van der Waals surface area contributed by atoms with Crippen LogP contribution in [0, 0.1) is 13.8 Å². The minimum atomic E-state index is 0.404. The highest BCUT2D eigenvalue weighted by Gasteiger charge is 2.06. The van der Waals surface area contributed by atoms with Crippen LogP contribution in [0.15, 0.2) is 28.8 Å². The number of nitrogens with one attached hydrogen (secondary N) is 1. The minimum absolute atomic E-state index is 0.404. The van der Waals surface area contributed by atoms with E-state index in [-0.39, 0.29) is 0 Å². The normalized spacial score (nSPS) is 10.6. The van der Waals surface area contributed by atoms with Crippen molar-refractivity contribution in [1.82, 2.24) is 10.5 Å². The van der Waals surface area contributed by atoms with E-state index < -0.39 is 0 Å². The molecular weight excluding hydrogens is 228 g/mol. The van der Waals surface area contributed by atoms with Crippen LogP contribution in [0.25, 0.3) is 0 Å². The number of ether oxygens (including phenoxy) is 1. The average molecular weight is 246 g/mol. The molecule has 1 heterocycles. The van der Waals surface area contributed by atoms with Crippen molar-refractivity contribution in [3.8, 4) is 5.75 Å². The second-order valence-corrected chi connectivity index (χ2v) is 4.30. The molecule has 0 aliphatic carbocycles. The van der Waals surface area contributed by atoms with Gasteiger partial charge in [0.1, 0.15) is 12.4 Å². The summed E-state index contributed by atoms with van der Waals surface area (Å²) in [6, 6.07) is 7.93. The standard InChI is InChI=1S/C14H18N2O2/c1-10-5-4-6-14(11(10)2)17-9-13-7-12(8-15-3)16-18-13/h4-7,15H,8-9H2,1-3H3. The third kappa shape index (κ3) is 2.90. The molecule has 0 unspecified atom stereocenters. The number of benzene rings is 1. The van der Waals surface area contributed by atoms with Crippen LogP contribution in [0.1, 0.15) is 22.6 Å². The predicted octanol–water partition coefficient (Wildman–Crippen LogP) is 2.59. The lowest BCUT2D eigenvalue weighted by Gasteiger charge is -2.08. The van der Waals surface area contributed by atoms with E-state index in [4.69, 9.17) is 9.26 Å². The molecule has 0 atom stereocenters. The molecule has 1 aromatic carbocycles. The van der Waals surface area contributed by atoms with E-state index in [1.165, 1.54) is 5.56 Å². The van der Waals surface area contributed by atoms with Crippen molar-refractivity contribution >= 4 is 0 Å². The fourth-order valence-corrected chi connectivity index (χ4v) is 1.72. The monoisotopic (exact) mass is 246 g/mol. The number of hydrogen-bond donors (Lipinski definition) is 1. The lowest BCUT2D eigenvalue weighted by Crippen LogP contribution is -2.04. The Bertz CT molecular complexity index is 520. The molecule has 0 saturated heterocycles. The Labute approximate surface area is 107 Å². The van der Waals surface area contributed by atoms with E-state index in [1.54, 1.807) is 0 Å². The molecule has 1 aromatic heterocycles. The van der Waals surface area contributed by atoms with Crippen molar-refractivity contribution in [3.63, 3.8) is 0 Å². The largest absolute Gasteiger partial charge is 0.485 e.